The quantitative estimate of drug-likeness (QED) is 0.632. The van der Waals surface area contributed by atoms with Gasteiger partial charge in [-0.1, -0.05) is 13.3 Å². The maximum Gasteiger partial charge on any atom is 0.270 e. The maximum absolute atomic E-state index is 14.1. The van der Waals surface area contributed by atoms with Crippen LogP contribution in [0.25, 0.3) is 0 Å². The van der Waals surface area contributed by atoms with Crippen LogP contribution >= 0.6 is 0 Å². The molecule has 0 N–H and O–H groups in total. The minimum absolute atomic E-state index is 0.122. The van der Waals surface area contributed by atoms with Crippen LogP contribution in [0.1, 0.15) is 42.1 Å². The van der Waals surface area contributed by atoms with E-state index in [0.717, 1.165) is 31.4 Å². The number of nitro benzene ring substituents is 1. The number of halogens is 1. The topological polar surface area (TPSA) is 63.5 Å². The molecular weight excluding hydrogens is 275 g/mol. The molecule has 21 heavy (non-hydrogen) atoms. The van der Waals surface area contributed by atoms with Crippen molar-refractivity contribution in [3.63, 3.8) is 0 Å². The van der Waals surface area contributed by atoms with E-state index >= 15 is 0 Å². The Kier molecular flexibility index (Phi) is 4.55. The number of hydrogen-bond acceptors (Lipinski definition) is 3. The van der Waals surface area contributed by atoms with Gasteiger partial charge in [-0.3, -0.25) is 14.9 Å². The molecule has 1 saturated heterocycles. The van der Waals surface area contributed by atoms with Crippen LogP contribution in [-0.4, -0.2) is 28.8 Å². The van der Waals surface area contributed by atoms with E-state index in [9.17, 15) is 19.3 Å². The molecule has 2 rings (SSSR count). The minimum Gasteiger partial charge on any atom is -0.338 e. The van der Waals surface area contributed by atoms with Crippen LogP contribution in [0.5, 0.6) is 0 Å². The molecular formula is C15H19FN2O3. The van der Waals surface area contributed by atoms with Crippen molar-refractivity contribution < 1.29 is 14.1 Å². The molecule has 114 valence electrons. The summed E-state index contributed by atoms with van der Waals surface area (Å²) >= 11 is 0. The zero-order valence-electron chi connectivity index (χ0n) is 12.3. The molecule has 6 heteroatoms. The molecule has 0 radical (unpaired) electrons. The van der Waals surface area contributed by atoms with Crippen molar-refractivity contribution >= 4 is 11.6 Å². The molecule has 1 aliphatic rings. The Morgan fingerprint density at radius 1 is 1.52 bits per heavy atom. The molecule has 1 amide bonds. The van der Waals surface area contributed by atoms with Gasteiger partial charge in [-0.05, 0) is 31.2 Å². The molecule has 0 aliphatic carbocycles. The average molecular weight is 294 g/mol. The maximum atomic E-state index is 14.1. The Hall–Kier alpha value is -1.98. The molecule has 5 nitrogen and oxygen atoms in total. The number of non-ortho nitro benzene ring substituents is 1. The lowest BCUT2D eigenvalue weighted by molar-refractivity contribution is -0.385. The number of rotatable bonds is 4. The number of carbonyl (C=O) groups is 1. The first-order valence-corrected chi connectivity index (χ1v) is 7.17. The van der Waals surface area contributed by atoms with Gasteiger partial charge in [-0.2, -0.15) is 0 Å². The van der Waals surface area contributed by atoms with Crippen molar-refractivity contribution in [3.05, 3.63) is 39.2 Å². The summed E-state index contributed by atoms with van der Waals surface area (Å²) in [5.41, 5.74) is -0.322. The Bertz CT molecular complexity index is 574. The van der Waals surface area contributed by atoms with Crippen LogP contribution in [0.4, 0.5) is 10.1 Å². The van der Waals surface area contributed by atoms with E-state index in [4.69, 9.17) is 0 Å². The van der Waals surface area contributed by atoms with Crippen LogP contribution in [-0.2, 0) is 0 Å². The largest absolute Gasteiger partial charge is 0.338 e. The fraction of sp³-hybridized carbons (Fsp3) is 0.533. The first kappa shape index (κ1) is 15.4. The molecule has 1 aromatic rings. The summed E-state index contributed by atoms with van der Waals surface area (Å²) in [5, 5.41) is 10.9. The number of likely N-dealkylation sites (tertiary alicyclic amines) is 1. The summed E-state index contributed by atoms with van der Waals surface area (Å²) in [6, 6.07) is 2.19. The van der Waals surface area contributed by atoms with Gasteiger partial charge in [0.05, 0.1) is 10.5 Å². The second-order valence-electron chi connectivity index (χ2n) is 5.58. The van der Waals surface area contributed by atoms with Crippen molar-refractivity contribution in [1.82, 2.24) is 4.90 Å². The highest BCUT2D eigenvalue weighted by Gasteiger charge is 2.29. The number of nitro groups is 1. The summed E-state index contributed by atoms with van der Waals surface area (Å²) in [6.07, 6.45) is 3.01. The molecule has 1 fully saturated rings. The number of aryl methyl sites for hydroxylation is 1. The van der Waals surface area contributed by atoms with Gasteiger partial charge in [0.15, 0.2) is 0 Å². The van der Waals surface area contributed by atoms with Gasteiger partial charge in [0.2, 0.25) is 0 Å². The van der Waals surface area contributed by atoms with Crippen LogP contribution in [0.3, 0.4) is 0 Å². The highest BCUT2D eigenvalue weighted by molar-refractivity contribution is 5.95. The highest BCUT2D eigenvalue weighted by Crippen LogP contribution is 2.26. The smallest absolute Gasteiger partial charge is 0.270 e. The third kappa shape index (κ3) is 3.20. The number of amides is 1. The van der Waals surface area contributed by atoms with Gasteiger partial charge in [-0.25, -0.2) is 4.39 Å². The van der Waals surface area contributed by atoms with Gasteiger partial charge < -0.3 is 4.90 Å². The van der Waals surface area contributed by atoms with E-state index in [1.807, 2.05) is 0 Å². The molecule has 1 atom stereocenters. The van der Waals surface area contributed by atoms with Crippen molar-refractivity contribution in [2.24, 2.45) is 5.92 Å². The van der Waals surface area contributed by atoms with E-state index in [1.54, 1.807) is 4.90 Å². The molecule has 0 aromatic heterocycles. The molecule has 0 spiro atoms. The van der Waals surface area contributed by atoms with E-state index in [-0.39, 0.29) is 16.8 Å². The predicted octanol–water partition coefficient (Wildman–Crippen LogP) is 3.30. The molecule has 0 saturated carbocycles. The Labute approximate surface area is 122 Å². The Morgan fingerprint density at radius 3 is 2.86 bits per heavy atom. The van der Waals surface area contributed by atoms with E-state index in [0.29, 0.717) is 19.0 Å². The Balaban J connectivity index is 2.25. The van der Waals surface area contributed by atoms with Crippen molar-refractivity contribution in [3.8, 4) is 0 Å². The molecule has 1 aromatic carbocycles. The third-order valence-corrected chi connectivity index (χ3v) is 3.95. The summed E-state index contributed by atoms with van der Waals surface area (Å²) in [4.78, 5) is 24.3. The first-order valence-electron chi connectivity index (χ1n) is 7.17. The zero-order chi connectivity index (χ0) is 15.6. The van der Waals surface area contributed by atoms with Crippen molar-refractivity contribution in [2.75, 3.05) is 13.1 Å². The lowest BCUT2D eigenvalue weighted by Gasteiger charge is -2.17. The van der Waals surface area contributed by atoms with Gasteiger partial charge in [-0.15, -0.1) is 0 Å². The van der Waals surface area contributed by atoms with Crippen molar-refractivity contribution in [2.45, 2.75) is 33.1 Å². The van der Waals surface area contributed by atoms with Gasteiger partial charge >= 0.3 is 0 Å². The fourth-order valence-corrected chi connectivity index (χ4v) is 2.84. The number of nitrogens with zero attached hydrogens (tertiary/aromatic N) is 2. The van der Waals surface area contributed by atoms with Crippen LogP contribution < -0.4 is 0 Å². The van der Waals surface area contributed by atoms with E-state index < -0.39 is 16.6 Å². The SMILES string of the molecule is CCCC1CCN(C(=O)c2cc([N+](=O)[O-])cc(C)c2F)C1. The number of hydrogen-bond donors (Lipinski definition) is 0. The first-order chi connectivity index (χ1) is 9.93. The van der Waals surface area contributed by atoms with Crippen LogP contribution in [0, 0.1) is 28.8 Å². The number of benzene rings is 1. The molecule has 1 heterocycles. The second kappa shape index (κ2) is 6.20. The minimum atomic E-state index is -0.662. The highest BCUT2D eigenvalue weighted by atomic mass is 19.1. The van der Waals surface area contributed by atoms with Gasteiger partial charge in [0, 0.05) is 25.2 Å². The van der Waals surface area contributed by atoms with Gasteiger partial charge in [0.25, 0.3) is 11.6 Å². The van der Waals surface area contributed by atoms with Gasteiger partial charge in [0.1, 0.15) is 5.82 Å². The standard InChI is InChI=1S/C15H19FN2O3/c1-3-4-11-5-6-17(9-11)15(19)13-8-12(18(20)21)7-10(2)14(13)16/h7-8,11H,3-6,9H2,1-2H3. The summed E-state index contributed by atoms with van der Waals surface area (Å²) in [5.74, 6) is -0.663. The molecule has 1 unspecified atom stereocenters. The summed E-state index contributed by atoms with van der Waals surface area (Å²) in [7, 11) is 0. The second-order valence-corrected chi connectivity index (χ2v) is 5.58. The average Bonchev–Trinajstić information content (AvgIpc) is 2.89. The number of carbonyl (C=O) groups excluding carboxylic acids is 1. The predicted molar refractivity (Wildman–Crippen MR) is 76.7 cm³/mol. The Morgan fingerprint density at radius 2 is 2.24 bits per heavy atom. The van der Waals surface area contributed by atoms with Crippen LogP contribution in [0.2, 0.25) is 0 Å². The lowest BCUT2D eigenvalue weighted by Crippen LogP contribution is -2.29. The van der Waals surface area contributed by atoms with E-state index in [2.05, 4.69) is 6.92 Å². The third-order valence-electron chi connectivity index (χ3n) is 3.95. The normalized spacial score (nSPS) is 18.0. The fourth-order valence-electron chi connectivity index (χ4n) is 2.84. The van der Waals surface area contributed by atoms with Crippen LogP contribution in [0.15, 0.2) is 12.1 Å². The van der Waals surface area contributed by atoms with Crippen molar-refractivity contribution in [1.29, 1.82) is 0 Å². The zero-order valence-corrected chi connectivity index (χ0v) is 12.3. The monoisotopic (exact) mass is 294 g/mol. The lowest BCUT2D eigenvalue weighted by atomic mass is 10.0. The summed E-state index contributed by atoms with van der Waals surface area (Å²) < 4.78 is 14.1. The molecule has 0 bridgehead atoms. The van der Waals surface area contributed by atoms with E-state index in [1.165, 1.54) is 6.92 Å². The summed E-state index contributed by atoms with van der Waals surface area (Å²) in [6.45, 7) is 4.72. The molecule has 1 aliphatic heterocycles.